The van der Waals surface area contributed by atoms with Crippen LogP contribution in [0.5, 0.6) is 0 Å². The average molecular weight is 272 g/mol. The van der Waals surface area contributed by atoms with Crippen molar-refractivity contribution in [2.24, 2.45) is 0 Å². The van der Waals surface area contributed by atoms with E-state index in [4.69, 9.17) is 0 Å². The van der Waals surface area contributed by atoms with Gasteiger partial charge in [-0.3, -0.25) is 4.79 Å². The minimum Gasteiger partial charge on any atom is -0.387 e. The predicted molar refractivity (Wildman–Crippen MR) is 78.5 cm³/mol. The molecule has 1 heterocycles. The van der Waals surface area contributed by atoms with Crippen molar-refractivity contribution in [2.45, 2.75) is 26.0 Å². The summed E-state index contributed by atoms with van der Waals surface area (Å²) in [7, 11) is 0. The standard InChI is InChI=1S/C16H20N2O2/c1-2-10-18-11-6-9-14(18)16(20)17-12-15(19)13-7-4-3-5-8-13/h3-9,11,15,19H,2,10,12H2,1H3,(H,17,20). The fourth-order valence-electron chi connectivity index (χ4n) is 2.13. The second kappa shape index (κ2) is 6.91. The van der Waals surface area contributed by atoms with Crippen molar-refractivity contribution in [2.75, 3.05) is 6.54 Å². The molecule has 4 nitrogen and oxygen atoms in total. The zero-order chi connectivity index (χ0) is 14.4. The van der Waals surface area contributed by atoms with E-state index in [0.717, 1.165) is 18.5 Å². The largest absolute Gasteiger partial charge is 0.387 e. The molecule has 0 radical (unpaired) electrons. The lowest BCUT2D eigenvalue weighted by Gasteiger charge is -2.13. The summed E-state index contributed by atoms with van der Waals surface area (Å²) in [5.41, 5.74) is 1.43. The lowest BCUT2D eigenvalue weighted by Crippen LogP contribution is -2.30. The highest BCUT2D eigenvalue weighted by Crippen LogP contribution is 2.11. The Morgan fingerprint density at radius 1 is 1.25 bits per heavy atom. The van der Waals surface area contributed by atoms with E-state index in [1.807, 2.05) is 47.2 Å². The summed E-state index contributed by atoms with van der Waals surface area (Å²) in [4.78, 5) is 12.1. The van der Waals surface area contributed by atoms with Crippen LogP contribution in [0.25, 0.3) is 0 Å². The number of nitrogens with one attached hydrogen (secondary N) is 1. The molecular formula is C16H20N2O2. The molecule has 4 heteroatoms. The van der Waals surface area contributed by atoms with Crippen LogP contribution in [-0.4, -0.2) is 22.1 Å². The Labute approximate surface area is 119 Å². The number of amides is 1. The average Bonchev–Trinajstić information content (AvgIpc) is 2.94. The first-order chi connectivity index (χ1) is 9.72. The molecule has 0 aliphatic carbocycles. The second-order valence-electron chi connectivity index (χ2n) is 4.72. The van der Waals surface area contributed by atoms with Gasteiger partial charge < -0.3 is 15.0 Å². The Kier molecular flexibility index (Phi) is 4.96. The lowest BCUT2D eigenvalue weighted by atomic mass is 10.1. The Hall–Kier alpha value is -2.07. The van der Waals surface area contributed by atoms with Gasteiger partial charge in [-0.1, -0.05) is 37.3 Å². The van der Waals surface area contributed by atoms with Gasteiger partial charge in [0.05, 0.1) is 6.10 Å². The summed E-state index contributed by atoms with van der Waals surface area (Å²) in [6.07, 6.45) is 2.18. The van der Waals surface area contributed by atoms with Crippen molar-refractivity contribution < 1.29 is 9.90 Å². The van der Waals surface area contributed by atoms with Gasteiger partial charge in [0.15, 0.2) is 0 Å². The Morgan fingerprint density at radius 2 is 2.00 bits per heavy atom. The molecule has 2 aromatic rings. The molecule has 2 N–H and O–H groups in total. The maximum Gasteiger partial charge on any atom is 0.268 e. The molecule has 1 aromatic heterocycles. The van der Waals surface area contributed by atoms with Gasteiger partial charge >= 0.3 is 0 Å². The van der Waals surface area contributed by atoms with E-state index < -0.39 is 6.10 Å². The second-order valence-corrected chi connectivity index (χ2v) is 4.72. The first-order valence-corrected chi connectivity index (χ1v) is 6.88. The van der Waals surface area contributed by atoms with Gasteiger partial charge in [-0.05, 0) is 24.1 Å². The fraction of sp³-hybridized carbons (Fsp3) is 0.312. The SMILES string of the molecule is CCCn1cccc1C(=O)NCC(O)c1ccccc1. The molecule has 1 amide bonds. The van der Waals surface area contributed by atoms with Gasteiger partial charge in [-0.15, -0.1) is 0 Å². The van der Waals surface area contributed by atoms with E-state index in [2.05, 4.69) is 12.2 Å². The molecule has 0 saturated carbocycles. The van der Waals surface area contributed by atoms with Crippen LogP contribution >= 0.6 is 0 Å². The van der Waals surface area contributed by atoms with Crippen LogP contribution in [0.3, 0.4) is 0 Å². The van der Waals surface area contributed by atoms with E-state index in [1.165, 1.54) is 0 Å². The molecule has 0 aliphatic rings. The summed E-state index contributed by atoms with van der Waals surface area (Å²) >= 11 is 0. The van der Waals surface area contributed by atoms with Crippen molar-refractivity contribution in [1.29, 1.82) is 0 Å². The predicted octanol–water partition coefficient (Wildman–Crippen LogP) is 2.36. The number of carbonyl (C=O) groups excluding carboxylic acids is 1. The third-order valence-corrected chi connectivity index (χ3v) is 3.17. The van der Waals surface area contributed by atoms with Crippen LogP contribution in [-0.2, 0) is 6.54 Å². The van der Waals surface area contributed by atoms with Crippen LogP contribution in [0.15, 0.2) is 48.7 Å². The number of hydrogen-bond donors (Lipinski definition) is 2. The molecule has 20 heavy (non-hydrogen) atoms. The van der Waals surface area contributed by atoms with Gasteiger partial charge in [-0.2, -0.15) is 0 Å². The third-order valence-electron chi connectivity index (χ3n) is 3.17. The smallest absolute Gasteiger partial charge is 0.268 e. The summed E-state index contributed by atoms with van der Waals surface area (Å²) in [6.45, 7) is 3.10. The highest BCUT2D eigenvalue weighted by molar-refractivity contribution is 5.92. The van der Waals surface area contributed by atoms with Gasteiger partial charge in [-0.25, -0.2) is 0 Å². The molecular weight excluding hydrogens is 252 g/mol. The van der Waals surface area contributed by atoms with Crippen LogP contribution in [0, 0.1) is 0 Å². The molecule has 0 aliphatic heterocycles. The normalized spacial score (nSPS) is 12.1. The highest BCUT2D eigenvalue weighted by Gasteiger charge is 2.13. The van der Waals surface area contributed by atoms with Crippen LogP contribution in [0.1, 0.15) is 35.5 Å². The summed E-state index contributed by atoms with van der Waals surface area (Å²) in [5, 5.41) is 12.8. The van der Waals surface area contributed by atoms with E-state index >= 15 is 0 Å². The molecule has 1 aromatic carbocycles. The van der Waals surface area contributed by atoms with Crippen molar-refractivity contribution in [1.82, 2.24) is 9.88 Å². The molecule has 1 unspecified atom stereocenters. The molecule has 106 valence electrons. The monoisotopic (exact) mass is 272 g/mol. The lowest BCUT2D eigenvalue weighted by molar-refractivity contribution is 0.0907. The van der Waals surface area contributed by atoms with Gasteiger partial charge in [0, 0.05) is 19.3 Å². The number of aliphatic hydroxyl groups is 1. The van der Waals surface area contributed by atoms with Crippen molar-refractivity contribution in [3.63, 3.8) is 0 Å². The van der Waals surface area contributed by atoms with Crippen molar-refractivity contribution >= 4 is 5.91 Å². The minimum atomic E-state index is -0.685. The molecule has 0 spiro atoms. The van der Waals surface area contributed by atoms with E-state index in [0.29, 0.717) is 5.69 Å². The number of rotatable bonds is 6. The summed E-state index contributed by atoms with van der Waals surface area (Å²) in [6, 6.07) is 13.0. The molecule has 0 saturated heterocycles. The van der Waals surface area contributed by atoms with Crippen molar-refractivity contribution in [3.05, 3.63) is 59.9 Å². The fourth-order valence-corrected chi connectivity index (χ4v) is 2.13. The Balaban J connectivity index is 1.93. The highest BCUT2D eigenvalue weighted by atomic mass is 16.3. The summed E-state index contributed by atoms with van der Waals surface area (Å²) < 4.78 is 1.92. The number of nitrogens with zero attached hydrogens (tertiary/aromatic N) is 1. The number of aliphatic hydroxyl groups excluding tert-OH is 1. The van der Waals surface area contributed by atoms with Crippen molar-refractivity contribution in [3.8, 4) is 0 Å². The van der Waals surface area contributed by atoms with E-state index in [1.54, 1.807) is 6.07 Å². The number of benzene rings is 1. The number of hydrogen-bond acceptors (Lipinski definition) is 2. The number of carbonyl (C=O) groups is 1. The minimum absolute atomic E-state index is 0.154. The summed E-state index contributed by atoms with van der Waals surface area (Å²) in [5.74, 6) is -0.154. The van der Waals surface area contributed by atoms with Crippen LogP contribution < -0.4 is 5.32 Å². The number of aromatic nitrogens is 1. The maximum atomic E-state index is 12.1. The van der Waals surface area contributed by atoms with Crippen LogP contribution in [0.4, 0.5) is 0 Å². The first kappa shape index (κ1) is 14.3. The van der Waals surface area contributed by atoms with Gasteiger partial charge in [0.1, 0.15) is 5.69 Å². The van der Waals surface area contributed by atoms with E-state index in [9.17, 15) is 9.90 Å². The maximum absolute atomic E-state index is 12.1. The number of aryl methyl sites for hydroxylation is 1. The van der Waals surface area contributed by atoms with E-state index in [-0.39, 0.29) is 12.5 Å². The molecule has 0 fully saturated rings. The zero-order valence-corrected chi connectivity index (χ0v) is 11.6. The van der Waals surface area contributed by atoms with Crippen LogP contribution in [0.2, 0.25) is 0 Å². The zero-order valence-electron chi connectivity index (χ0n) is 11.6. The first-order valence-electron chi connectivity index (χ1n) is 6.88. The molecule has 0 bridgehead atoms. The topological polar surface area (TPSA) is 54.3 Å². The Morgan fingerprint density at radius 3 is 2.70 bits per heavy atom. The Bertz CT molecular complexity index is 549. The third kappa shape index (κ3) is 3.48. The molecule has 1 atom stereocenters. The van der Waals surface area contributed by atoms with Gasteiger partial charge in [0.25, 0.3) is 5.91 Å². The van der Waals surface area contributed by atoms with Gasteiger partial charge in [0.2, 0.25) is 0 Å². The quantitative estimate of drug-likeness (QED) is 0.848. The molecule has 2 rings (SSSR count).